The van der Waals surface area contributed by atoms with Crippen LogP contribution in [0.15, 0.2) is 23.3 Å². The lowest BCUT2D eigenvalue weighted by Crippen LogP contribution is -2.22. The van der Waals surface area contributed by atoms with Crippen LogP contribution in [0.25, 0.3) is 10.4 Å². The van der Waals surface area contributed by atoms with Gasteiger partial charge >= 0.3 is 0 Å². The second-order valence-corrected chi connectivity index (χ2v) is 3.34. The normalized spacial score (nSPS) is 9.27. The Balaban J connectivity index is 3.26. The summed E-state index contributed by atoms with van der Waals surface area (Å²) in [6, 6.07) is 5.10. The first-order valence-corrected chi connectivity index (χ1v) is 4.44. The second-order valence-electron chi connectivity index (χ2n) is 3.34. The Morgan fingerprint density at radius 3 is 2.67 bits per heavy atom. The maximum Gasteiger partial charge on any atom is 0.253 e. The van der Waals surface area contributed by atoms with Crippen LogP contribution in [0.2, 0.25) is 0 Å². The third kappa shape index (κ3) is 2.27. The van der Waals surface area contributed by atoms with E-state index in [1.54, 1.807) is 39.2 Å². The van der Waals surface area contributed by atoms with Crippen LogP contribution in [-0.2, 0) is 0 Å². The highest BCUT2D eigenvalue weighted by atomic mass is 16.2. The number of rotatable bonds is 2. The number of amides is 1. The van der Waals surface area contributed by atoms with E-state index in [4.69, 9.17) is 5.53 Å². The molecule has 0 aliphatic rings. The maximum atomic E-state index is 11.7. The topological polar surface area (TPSA) is 69.1 Å². The van der Waals surface area contributed by atoms with Gasteiger partial charge in [-0.2, -0.15) is 0 Å². The molecule has 0 unspecified atom stereocenters. The van der Waals surface area contributed by atoms with Crippen molar-refractivity contribution >= 4 is 11.6 Å². The Labute approximate surface area is 87.9 Å². The van der Waals surface area contributed by atoms with Gasteiger partial charge in [0.25, 0.3) is 5.91 Å². The van der Waals surface area contributed by atoms with Crippen LogP contribution in [0.1, 0.15) is 15.9 Å². The predicted octanol–water partition coefficient (Wildman–Crippen LogP) is 2.64. The molecule has 5 nitrogen and oxygen atoms in total. The molecule has 0 bridgehead atoms. The van der Waals surface area contributed by atoms with Gasteiger partial charge < -0.3 is 4.90 Å². The van der Waals surface area contributed by atoms with Crippen molar-refractivity contribution in [2.24, 2.45) is 5.11 Å². The first-order valence-electron chi connectivity index (χ1n) is 4.44. The molecule has 0 heterocycles. The van der Waals surface area contributed by atoms with Crippen molar-refractivity contribution in [2.45, 2.75) is 6.92 Å². The lowest BCUT2D eigenvalue weighted by molar-refractivity contribution is 0.0827. The SMILES string of the molecule is Cc1c(N=[N+]=[N-])cccc1C(=O)N(C)C. The Morgan fingerprint density at radius 1 is 1.47 bits per heavy atom. The summed E-state index contributed by atoms with van der Waals surface area (Å²) < 4.78 is 0. The highest BCUT2D eigenvalue weighted by Gasteiger charge is 2.12. The smallest absolute Gasteiger partial charge is 0.253 e. The zero-order valence-corrected chi connectivity index (χ0v) is 8.93. The van der Waals surface area contributed by atoms with Crippen molar-refractivity contribution in [1.29, 1.82) is 0 Å². The molecule has 1 amide bonds. The van der Waals surface area contributed by atoms with Crippen molar-refractivity contribution in [1.82, 2.24) is 4.90 Å². The average Bonchev–Trinajstić information content (AvgIpc) is 2.20. The maximum absolute atomic E-state index is 11.7. The molecule has 0 radical (unpaired) electrons. The van der Waals surface area contributed by atoms with Crippen LogP contribution in [0.4, 0.5) is 5.69 Å². The van der Waals surface area contributed by atoms with Crippen LogP contribution in [0.3, 0.4) is 0 Å². The lowest BCUT2D eigenvalue weighted by Gasteiger charge is -2.13. The van der Waals surface area contributed by atoms with Gasteiger partial charge in [-0.15, -0.1) is 0 Å². The first-order chi connectivity index (χ1) is 7.07. The van der Waals surface area contributed by atoms with Crippen LogP contribution < -0.4 is 0 Å². The molecule has 78 valence electrons. The average molecular weight is 204 g/mol. The summed E-state index contributed by atoms with van der Waals surface area (Å²) in [6.07, 6.45) is 0. The van der Waals surface area contributed by atoms with E-state index in [2.05, 4.69) is 10.0 Å². The van der Waals surface area contributed by atoms with Gasteiger partial charge in [0.1, 0.15) is 0 Å². The largest absolute Gasteiger partial charge is 0.345 e. The van der Waals surface area contributed by atoms with Gasteiger partial charge in [0.15, 0.2) is 0 Å². The zero-order chi connectivity index (χ0) is 11.4. The number of hydrogen-bond acceptors (Lipinski definition) is 2. The summed E-state index contributed by atoms with van der Waals surface area (Å²) >= 11 is 0. The highest BCUT2D eigenvalue weighted by molar-refractivity contribution is 5.96. The summed E-state index contributed by atoms with van der Waals surface area (Å²) in [6.45, 7) is 1.76. The number of carbonyl (C=O) groups excluding carboxylic acids is 1. The molecule has 15 heavy (non-hydrogen) atoms. The quantitative estimate of drug-likeness (QED) is 0.414. The molecular formula is C10H12N4O. The molecule has 0 spiro atoms. The Hall–Kier alpha value is -2.00. The number of benzene rings is 1. The van der Waals surface area contributed by atoms with Gasteiger partial charge in [0.2, 0.25) is 0 Å². The lowest BCUT2D eigenvalue weighted by atomic mass is 10.1. The summed E-state index contributed by atoms with van der Waals surface area (Å²) in [4.78, 5) is 15.9. The number of azide groups is 1. The van der Waals surface area contributed by atoms with Gasteiger partial charge in [0.05, 0.1) is 0 Å². The standard InChI is InChI=1S/C10H12N4O/c1-7-8(10(15)14(2)3)5-4-6-9(7)12-13-11/h4-6H,1-3H3. The van der Waals surface area contributed by atoms with E-state index in [9.17, 15) is 4.79 Å². The molecule has 1 aromatic carbocycles. The Morgan fingerprint density at radius 2 is 2.13 bits per heavy atom. The van der Waals surface area contributed by atoms with Crippen LogP contribution >= 0.6 is 0 Å². The van der Waals surface area contributed by atoms with Gasteiger partial charge in [-0.05, 0) is 24.1 Å². The van der Waals surface area contributed by atoms with E-state index >= 15 is 0 Å². The van der Waals surface area contributed by atoms with Crippen LogP contribution in [0.5, 0.6) is 0 Å². The van der Waals surface area contributed by atoms with E-state index < -0.39 is 0 Å². The minimum absolute atomic E-state index is 0.0949. The molecule has 0 aromatic heterocycles. The third-order valence-corrected chi connectivity index (χ3v) is 2.09. The van der Waals surface area contributed by atoms with Crippen molar-refractivity contribution in [3.05, 3.63) is 39.8 Å². The highest BCUT2D eigenvalue weighted by Crippen LogP contribution is 2.22. The predicted molar refractivity (Wildman–Crippen MR) is 58.0 cm³/mol. The second kappa shape index (κ2) is 4.48. The molecule has 0 N–H and O–H groups in total. The molecule has 0 aliphatic carbocycles. The van der Waals surface area contributed by atoms with Crippen LogP contribution in [0, 0.1) is 6.92 Å². The van der Waals surface area contributed by atoms with Gasteiger partial charge in [0, 0.05) is 30.3 Å². The molecule has 5 heteroatoms. The zero-order valence-electron chi connectivity index (χ0n) is 8.93. The molecule has 0 fully saturated rings. The molecule has 0 saturated heterocycles. The summed E-state index contributed by atoms with van der Waals surface area (Å²) in [5.41, 5.74) is 10.1. The van der Waals surface area contributed by atoms with E-state index in [0.29, 0.717) is 16.8 Å². The molecule has 0 atom stereocenters. The van der Waals surface area contributed by atoms with E-state index in [1.165, 1.54) is 4.90 Å². The molecular weight excluding hydrogens is 192 g/mol. The number of nitrogens with zero attached hydrogens (tertiary/aromatic N) is 4. The molecule has 1 aromatic rings. The van der Waals surface area contributed by atoms with Gasteiger partial charge in [-0.1, -0.05) is 17.2 Å². The monoisotopic (exact) mass is 204 g/mol. The minimum atomic E-state index is -0.0949. The van der Waals surface area contributed by atoms with Gasteiger partial charge in [-0.25, -0.2) is 0 Å². The van der Waals surface area contributed by atoms with Crippen molar-refractivity contribution < 1.29 is 4.79 Å². The summed E-state index contributed by atoms with van der Waals surface area (Å²) in [7, 11) is 3.37. The molecule has 1 rings (SSSR count). The third-order valence-electron chi connectivity index (χ3n) is 2.09. The van der Waals surface area contributed by atoms with E-state index in [0.717, 1.165) is 0 Å². The Kier molecular flexibility index (Phi) is 3.31. The fourth-order valence-corrected chi connectivity index (χ4v) is 1.25. The molecule has 0 saturated carbocycles. The fraction of sp³-hybridized carbons (Fsp3) is 0.300. The van der Waals surface area contributed by atoms with Crippen molar-refractivity contribution in [2.75, 3.05) is 14.1 Å². The van der Waals surface area contributed by atoms with E-state index in [-0.39, 0.29) is 5.91 Å². The van der Waals surface area contributed by atoms with Crippen LogP contribution in [-0.4, -0.2) is 24.9 Å². The minimum Gasteiger partial charge on any atom is -0.345 e. The number of carbonyl (C=O) groups is 1. The fourth-order valence-electron chi connectivity index (χ4n) is 1.25. The summed E-state index contributed by atoms with van der Waals surface area (Å²) in [5, 5.41) is 3.52. The van der Waals surface area contributed by atoms with Gasteiger partial charge in [-0.3, -0.25) is 4.79 Å². The summed E-state index contributed by atoms with van der Waals surface area (Å²) in [5.74, 6) is -0.0949. The molecule has 0 aliphatic heterocycles. The van der Waals surface area contributed by atoms with Crippen molar-refractivity contribution in [3.63, 3.8) is 0 Å². The number of hydrogen-bond donors (Lipinski definition) is 0. The Bertz CT molecular complexity index is 433. The van der Waals surface area contributed by atoms with Crippen molar-refractivity contribution in [3.8, 4) is 0 Å². The first kappa shape index (κ1) is 11.1. The van der Waals surface area contributed by atoms with E-state index in [1.807, 2.05) is 0 Å².